The smallest absolute Gasteiger partial charge is 0.252 e. The van der Waals surface area contributed by atoms with Crippen molar-refractivity contribution in [1.82, 2.24) is 5.32 Å². The Morgan fingerprint density at radius 3 is 2.79 bits per heavy atom. The SMILES string of the molecule is O=C(NCc1cccc(Cl)c1)c1cc(I)ccc1Br. The first-order valence-corrected chi connectivity index (χ1v) is 7.79. The van der Waals surface area contributed by atoms with Crippen LogP contribution in [-0.4, -0.2) is 5.91 Å². The summed E-state index contributed by atoms with van der Waals surface area (Å²) in [6, 6.07) is 13.1. The Morgan fingerprint density at radius 2 is 2.05 bits per heavy atom. The van der Waals surface area contributed by atoms with Crippen LogP contribution in [0.15, 0.2) is 46.9 Å². The van der Waals surface area contributed by atoms with E-state index < -0.39 is 0 Å². The van der Waals surface area contributed by atoms with E-state index in [1.54, 1.807) is 0 Å². The minimum absolute atomic E-state index is 0.106. The number of hydrogen-bond acceptors (Lipinski definition) is 1. The number of nitrogens with one attached hydrogen (secondary N) is 1. The first-order chi connectivity index (χ1) is 9.06. The lowest BCUT2D eigenvalue weighted by Gasteiger charge is -2.08. The van der Waals surface area contributed by atoms with Crippen molar-refractivity contribution in [3.05, 3.63) is 66.7 Å². The van der Waals surface area contributed by atoms with Gasteiger partial charge >= 0.3 is 0 Å². The summed E-state index contributed by atoms with van der Waals surface area (Å²) in [4.78, 5) is 12.1. The van der Waals surface area contributed by atoms with Gasteiger partial charge in [-0.3, -0.25) is 4.79 Å². The van der Waals surface area contributed by atoms with Gasteiger partial charge in [-0.1, -0.05) is 23.7 Å². The summed E-state index contributed by atoms with van der Waals surface area (Å²) < 4.78 is 1.81. The molecule has 2 rings (SSSR count). The van der Waals surface area contributed by atoms with Gasteiger partial charge in [0.1, 0.15) is 0 Å². The fourth-order valence-corrected chi connectivity index (χ4v) is 2.73. The molecule has 0 fully saturated rings. The van der Waals surface area contributed by atoms with E-state index >= 15 is 0 Å². The molecule has 19 heavy (non-hydrogen) atoms. The Bertz CT molecular complexity index is 618. The number of hydrogen-bond donors (Lipinski definition) is 1. The average Bonchev–Trinajstić information content (AvgIpc) is 2.39. The highest BCUT2D eigenvalue weighted by molar-refractivity contribution is 14.1. The van der Waals surface area contributed by atoms with Crippen LogP contribution in [0, 0.1) is 3.57 Å². The number of halogens is 3. The summed E-state index contributed by atoms with van der Waals surface area (Å²) in [7, 11) is 0. The molecular weight excluding hydrogens is 440 g/mol. The lowest BCUT2D eigenvalue weighted by Crippen LogP contribution is -2.23. The predicted molar refractivity (Wildman–Crippen MR) is 89.5 cm³/mol. The van der Waals surface area contributed by atoms with E-state index in [9.17, 15) is 4.79 Å². The molecule has 0 saturated heterocycles. The van der Waals surface area contributed by atoms with Crippen LogP contribution in [0.5, 0.6) is 0 Å². The van der Waals surface area contributed by atoms with Crippen LogP contribution in [0.25, 0.3) is 0 Å². The molecule has 0 saturated carbocycles. The van der Waals surface area contributed by atoms with Crippen molar-refractivity contribution < 1.29 is 4.79 Å². The van der Waals surface area contributed by atoms with Gasteiger partial charge in [0.2, 0.25) is 0 Å². The monoisotopic (exact) mass is 449 g/mol. The summed E-state index contributed by atoms with van der Waals surface area (Å²) in [5, 5.41) is 3.55. The lowest BCUT2D eigenvalue weighted by atomic mass is 10.2. The van der Waals surface area contributed by atoms with Crippen LogP contribution in [0.2, 0.25) is 5.02 Å². The summed E-state index contributed by atoms with van der Waals surface area (Å²) in [6.45, 7) is 0.456. The summed E-state index contributed by atoms with van der Waals surface area (Å²) >= 11 is 11.5. The molecule has 1 amide bonds. The fourth-order valence-electron chi connectivity index (χ4n) is 1.60. The van der Waals surface area contributed by atoms with E-state index in [1.165, 1.54) is 0 Å². The molecular formula is C14H10BrClINO. The van der Waals surface area contributed by atoms with E-state index in [0.29, 0.717) is 17.1 Å². The zero-order valence-corrected chi connectivity index (χ0v) is 14.3. The molecule has 0 radical (unpaired) electrons. The summed E-state index contributed by atoms with van der Waals surface area (Å²) in [5.41, 5.74) is 1.61. The Labute approximate surface area is 138 Å². The zero-order chi connectivity index (χ0) is 13.8. The molecule has 2 aromatic carbocycles. The first-order valence-electron chi connectivity index (χ1n) is 5.54. The van der Waals surface area contributed by atoms with Gasteiger partial charge in [0.25, 0.3) is 5.91 Å². The van der Waals surface area contributed by atoms with E-state index in [2.05, 4.69) is 43.8 Å². The Hall–Kier alpha value is -0.590. The van der Waals surface area contributed by atoms with Gasteiger partial charge in [-0.2, -0.15) is 0 Å². The second-order valence-corrected chi connectivity index (χ2v) is 6.47. The molecule has 0 heterocycles. The van der Waals surface area contributed by atoms with Crippen molar-refractivity contribution >= 4 is 56.0 Å². The molecule has 0 aliphatic rings. The van der Waals surface area contributed by atoms with Crippen molar-refractivity contribution in [3.8, 4) is 0 Å². The van der Waals surface area contributed by atoms with E-state index in [1.807, 2.05) is 42.5 Å². The third-order valence-electron chi connectivity index (χ3n) is 2.52. The zero-order valence-electron chi connectivity index (χ0n) is 9.79. The standard InChI is InChI=1S/C14H10BrClINO/c15-13-5-4-11(17)7-12(13)14(19)18-8-9-2-1-3-10(16)6-9/h1-7H,8H2,(H,18,19). The number of rotatable bonds is 3. The lowest BCUT2D eigenvalue weighted by molar-refractivity contribution is 0.0950. The molecule has 2 aromatic rings. The van der Waals surface area contributed by atoms with E-state index in [0.717, 1.165) is 13.6 Å². The number of carbonyl (C=O) groups excluding carboxylic acids is 1. The molecule has 98 valence electrons. The van der Waals surface area contributed by atoms with Crippen LogP contribution >= 0.6 is 50.1 Å². The van der Waals surface area contributed by atoms with Gasteiger partial charge in [0.05, 0.1) is 5.56 Å². The number of carbonyl (C=O) groups is 1. The third kappa shape index (κ3) is 4.19. The second-order valence-electron chi connectivity index (χ2n) is 3.94. The summed E-state index contributed by atoms with van der Waals surface area (Å²) in [6.07, 6.45) is 0. The molecule has 1 N–H and O–H groups in total. The molecule has 0 aliphatic carbocycles. The Kier molecular flexibility index (Phi) is 5.24. The first kappa shape index (κ1) is 14.8. The van der Waals surface area contributed by atoms with Crippen molar-refractivity contribution in [3.63, 3.8) is 0 Å². The maximum atomic E-state index is 12.1. The van der Waals surface area contributed by atoms with Crippen LogP contribution in [0.3, 0.4) is 0 Å². The van der Waals surface area contributed by atoms with Crippen molar-refractivity contribution in [2.24, 2.45) is 0 Å². The maximum absolute atomic E-state index is 12.1. The minimum Gasteiger partial charge on any atom is -0.348 e. The van der Waals surface area contributed by atoms with Gasteiger partial charge in [-0.15, -0.1) is 0 Å². The Morgan fingerprint density at radius 1 is 1.26 bits per heavy atom. The predicted octanol–water partition coefficient (Wildman–Crippen LogP) is 4.64. The van der Waals surface area contributed by atoms with Gasteiger partial charge in [-0.25, -0.2) is 0 Å². The molecule has 0 spiro atoms. The average molecular weight is 451 g/mol. The van der Waals surface area contributed by atoms with Crippen LogP contribution in [-0.2, 0) is 6.54 Å². The largest absolute Gasteiger partial charge is 0.348 e. The number of amides is 1. The quantitative estimate of drug-likeness (QED) is 0.679. The van der Waals surface area contributed by atoms with Crippen LogP contribution in [0.4, 0.5) is 0 Å². The van der Waals surface area contributed by atoms with Crippen molar-refractivity contribution in [1.29, 1.82) is 0 Å². The molecule has 0 atom stereocenters. The Balaban J connectivity index is 2.07. The molecule has 2 nitrogen and oxygen atoms in total. The number of benzene rings is 2. The van der Waals surface area contributed by atoms with Gasteiger partial charge in [0, 0.05) is 19.6 Å². The molecule has 0 unspecified atom stereocenters. The molecule has 0 aromatic heterocycles. The van der Waals surface area contributed by atoms with E-state index in [-0.39, 0.29) is 5.91 Å². The van der Waals surface area contributed by atoms with Gasteiger partial charge in [-0.05, 0) is 74.4 Å². The topological polar surface area (TPSA) is 29.1 Å². The minimum atomic E-state index is -0.106. The summed E-state index contributed by atoms with van der Waals surface area (Å²) in [5.74, 6) is -0.106. The van der Waals surface area contributed by atoms with Crippen LogP contribution in [0.1, 0.15) is 15.9 Å². The van der Waals surface area contributed by atoms with Gasteiger partial charge in [0.15, 0.2) is 0 Å². The maximum Gasteiger partial charge on any atom is 0.252 e. The highest BCUT2D eigenvalue weighted by atomic mass is 127. The highest BCUT2D eigenvalue weighted by Crippen LogP contribution is 2.19. The van der Waals surface area contributed by atoms with Crippen molar-refractivity contribution in [2.75, 3.05) is 0 Å². The normalized spacial score (nSPS) is 10.3. The second kappa shape index (κ2) is 6.72. The fraction of sp³-hybridized carbons (Fsp3) is 0.0714. The van der Waals surface area contributed by atoms with Crippen LogP contribution < -0.4 is 5.32 Å². The molecule has 5 heteroatoms. The van der Waals surface area contributed by atoms with Crippen molar-refractivity contribution in [2.45, 2.75) is 6.54 Å². The molecule has 0 aliphatic heterocycles. The third-order valence-corrected chi connectivity index (χ3v) is 4.11. The van der Waals surface area contributed by atoms with Gasteiger partial charge < -0.3 is 5.32 Å². The van der Waals surface area contributed by atoms with E-state index in [4.69, 9.17) is 11.6 Å². The molecule has 0 bridgehead atoms. The highest BCUT2D eigenvalue weighted by Gasteiger charge is 2.10.